The van der Waals surface area contributed by atoms with Crippen LogP contribution >= 0.6 is 0 Å². The Morgan fingerprint density at radius 2 is 1.71 bits per heavy atom. The number of piperazine rings is 1. The van der Waals surface area contributed by atoms with Crippen molar-refractivity contribution in [1.29, 1.82) is 0 Å². The number of nitrogens with zero attached hydrogens (tertiary/aromatic N) is 3. The van der Waals surface area contributed by atoms with Crippen LogP contribution in [0.3, 0.4) is 0 Å². The minimum atomic E-state index is -0.570. The van der Waals surface area contributed by atoms with E-state index in [0.717, 1.165) is 0 Å². The van der Waals surface area contributed by atoms with Gasteiger partial charge in [0, 0.05) is 50.5 Å². The number of amides is 4. The number of hydrogen-bond acceptors (Lipinski definition) is 5. The number of carbonyl (C=O) groups excluding carboxylic acids is 3. The second kappa shape index (κ2) is 9.81. The van der Waals surface area contributed by atoms with Crippen molar-refractivity contribution in [3.8, 4) is 11.5 Å². The van der Waals surface area contributed by atoms with E-state index < -0.39 is 11.8 Å². The van der Waals surface area contributed by atoms with Crippen LogP contribution in [-0.2, 0) is 16.1 Å². The van der Waals surface area contributed by atoms with E-state index in [0.29, 0.717) is 75.0 Å². The minimum absolute atomic E-state index is 0.0962. The zero-order chi connectivity index (χ0) is 24.4. The molecule has 4 amide bonds. The Labute approximate surface area is 202 Å². The van der Waals surface area contributed by atoms with Crippen LogP contribution in [0.25, 0.3) is 0 Å². The Morgan fingerprint density at radius 1 is 0.943 bits per heavy atom. The van der Waals surface area contributed by atoms with Crippen LogP contribution in [0.2, 0.25) is 0 Å². The van der Waals surface area contributed by atoms with Crippen molar-refractivity contribution in [2.75, 3.05) is 44.7 Å². The molecule has 10 heteroatoms. The number of ether oxygens (including phenoxy) is 2. The number of hydrogen-bond donors (Lipinski definition) is 1. The molecular formula is C25H27FN4O5. The third-order valence-electron chi connectivity index (χ3n) is 6.59. The molecular weight excluding hydrogens is 455 g/mol. The summed E-state index contributed by atoms with van der Waals surface area (Å²) in [5.74, 6) is -0.214. The topological polar surface area (TPSA) is 91.4 Å². The van der Waals surface area contributed by atoms with E-state index in [1.807, 2.05) is 0 Å². The third-order valence-corrected chi connectivity index (χ3v) is 6.59. The normalized spacial score (nSPS) is 18.6. The molecule has 0 saturated carbocycles. The molecule has 5 rings (SSSR count). The summed E-state index contributed by atoms with van der Waals surface area (Å²) in [6.45, 7) is 2.95. The molecule has 0 bridgehead atoms. The lowest BCUT2D eigenvalue weighted by Crippen LogP contribution is -2.59. The first-order valence-corrected chi connectivity index (χ1v) is 11.8. The Kier molecular flexibility index (Phi) is 6.43. The van der Waals surface area contributed by atoms with E-state index in [9.17, 15) is 18.8 Å². The number of rotatable bonds is 4. The van der Waals surface area contributed by atoms with E-state index >= 15 is 0 Å². The minimum Gasteiger partial charge on any atom is -0.486 e. The number of anilines is 1. The van der Waals surface area contributed by atoms with Gasteiger partial charge in [-0.25, -0.2) is 9.18 Å². The summed E-state index contributed by atoms with van der Waals surface area (Å²) in [6, 6.07) is 11.0. The Bertz CT molecular complexity index is 1130. The Hall–Kier alpha value is -3.82. The molecule has 0 atom stereocenters. The van der Waals surface area contributed by atoms with E-state index in [2.05, 4.69) is 5.32 Å². The van der Waals surface area contributed by atoms with Gasteiger partial charge in [-0.15, -0.1) is 0 Å². The maximum Gasteiger partial charge on any atom is 0.321 e. The van der Waals surface area contributed by atoms with Crippen molar-refractivity contribution in [1.82, 2.24) is 14.7 Å². The summed E-state index contributed by atoms with van der Waals surface area (Å²) in [5.41, 5.74) is 1.27. The summed E-state index contributed by atoms with van der Waals surface area (Å²) in [4.78, 5) is 43.1. The Morgan fingerprint density at radius 3 is 2.49 bits per heavy atom. The van der Waals surface area contributed by atoms with Gasteiger partial charge in [0.1, 0.15) is 19.0 Å². The van der Waals surface area contributed by atoms with E-state index in [4.69, 9.17) is 9.47 Å². The molecule has 2 aromatic rings. The van der Waals surface area contributed by atoms with Gasteiger partial charge in [-0.05, 0) is 42.7 Å². The second-order valence-electron chi connectivity index (χ2n) is 8.86. The highest BCUT2D eigenvalue weighted by molar-refractivity contribution is 6.35. The molecule has 3 aliphatic heterocycles. The summed E-state index contributed by atoms with van der Waals surface area (Å²) < 4.78 is 24.5. The van der Waals surface area contributed by atoms with Crippen molar-refractivity contribution >= 4 is 23.5 Å². The van der Waals surface area contributed by atoms with Crippen molar-refractivity contribution in [2.24, 2.45) is 0 Å². The SMILES string of the molecule is O=C(Nc1ccc2c(c1)OCCO2)N1CCC(N2CCN(Cc3cccc(F)c3)C(=O)C2=O)CC1. The molecule has 9 nitrogen and oxygen atoms in total. The van der Waals surface area contributed by atoms with Crippen LogP contribution in [0.1, 0.15) is 18.4 Å². The van der Waals surface area contributed by atoms with Crippen molar-refractivity contribution in [2.45, 2.75) is 25.4 Å². The van der Waals surface area contributed by atoms with Gasteiger partial charge >= 0.3 is 17.8 Å². The monoisotopic (exact) mass is 482 g/mol. The van der Waals surface area contributed by atoms with Crippen LogP contribution < -0.4 is 14.8 Å². The number of urea groups is 1. The molecule has 2 saturated heterocycles. The van der Waals surface area contributed by atoms with Gasteiger partial charge in [-0.1, -0.05) is 12.1 Å². The molecule has 2 aromatic carbocycles. The van der Waals surface area contributed by atoms with Crippen LogP contribution in [-0.4, -0.2) is 78.0 Å². The smallest absolute Gasteiger partial charge is 0.321 e. The quantitative estimate of drug-likeness (QED) is 0.676. The maximum atomic E-state index is 13.5. The number of halogens is 1. The molecule has 0 aliphatic carbocycles. The molecule has 0 spiro atoms. The van der Waals surface area contributed by atoms with Gasteiger partial charge in [0.2, 0.25) is 0 Å². The number of benzene rings is 2. The second-order valence-corrected chi connectivity index (χ2v) is 8.86. The van der Waals surface area contributed by atoms with Crippen molar-refractivity contribution in [3.63, 3.8) is 0 Å². The van der Waals surface area contributed by atoms with E-state index in [-0.39, 0.29) is 24.4 Å². The van der Waals surface area contributed by atoms with Gasteiger partial charge in [-0.3, -0.25) is 9.59 Å². The summed E-state index contributed by atoms with van der Waals surface area (Å²) in [7, 11) is 0. The molecule has 0 unspecified atom stereocenters. The fourth-order valence-electron chi connectivity index (χ4n) is 4.75. The maximum absolute atomic E-state index is 13.5. The molecule has 3 aliphatic rings. The third kappa shape index (κ3) is 5.01. The standard InChI is InChI=1S/C25H27FN4O5/c26-18-3-1-2-17(14-18)16-29-10-11-30(24(32)23(29)31)20-6-8-28(9-7-20)25(33)27-19-4-5-21-22(15-19)35-13-12-34-21/h1-5,14-15,20H,6-13,16H2,(H,27,33). The summed E-state index contributed by atoms with van der Waals surface area (Å²) in [5, 5.41) is 2.89. The first-order valence-electron chi connectivity index (χ1n) is 11.8. The molecule has 0 radical (unpaired) electrons. The average molecular weight is 483 g/mol. The van der Waals surface area contributed by atoms with Gasteiger partial charge in [0.05, 0.1) is 0 Å². The zero-order valence-corrected chi connectivity index (χ0v) is 19.2. The van der Waals surface area contributed by atoms with Gasteiger partial charge in [0.25, 0.3) is 0 Å². The largest absolute Gasteiger partial charge is 0.486 e. The van der Waals surface area contributed by atoms with Crippen LogP contribution in [0, 0.1) is 5.82 Å². The fourth-order valence-corrected chi connectivity index (χ4v) is 4.75. The van der Waals surface area contributed by atoms with E-state index in [1.54, 1.807) is 40.1 Å². The Balaban J connectivity index is 1.13. The summed E-state index contributed by atoms with van der Waals surface area (Å²) >= 11 is 0. The number of likely N-dealkylation sites (tertiary alicyclic amines) is 1. The highest BCUT2D eigenvalue weighted by Gasteiger charge is 2.38. The molecule has 184 valence electrons. The molecule has 3 heterocycles. The average Bonchev–Trinajstić information content (AvgIpc) is 2.87. The van der Waals surface area contributed by atoms with Gasteiger partial charge in [0.15, 0.2) is 11.5 Å². The van der Waals surface area contributed by atoms with Crippen LogP contribution in [0.5, 0.6) is 11.5 Å². The lowest BCUT2D eigenvalue weighted by molar-refractivity contribution is -0.158. The number of carbonyl (C=O) groups is 3. The lowest BCUT2D eigenvalue weighted by atomic mass is 10.0. The van der Waals surface area contributed by atoms with Crippen molar-refractivity contribution < 1.29 is 28.2 Å². The lowest BCUT2D eigenvalue weighted by Gasteiger charge is -2.42. The zero-order valence-electron chi connectivity index (χ0n) is 19.2. The molecule has 2 fully saturated rings. The van der Waals surface area contributed by atoms with Crippen LogP contribution in [0.15, 0.2) is 42.5 Å². The first-order chi connectivity index (χ1) is 17.0. The first kappa shape index (κ1) is 22.9. The fraction of sp³-hybridized carbons (Fsp3) is 0.400. The molecule has 1 N–H and O–H groups in total. The summed E-state index contributed by atoms with van der Waals surface area (Å²) in [6.07, 6.45) is 1.19. The predicted molar refractivity (Wildman–Crippen MR) is 125 cm³/mol. The van der Waals surface area contributed by atoms with Gasteiger partial charge in [-0.2, -0.15) is 0 Å². The number of nitrogens with one attached hydrogen (secondary N) is 1. The van der Waals surface area contributed by atoms with E-state index in [1.165, 1.54) is 17.0 Å². The van der Waals surface area contributed by atoms with Crippen molar-refractivity contribution in [3.05, 3.63) is 53.8 Å². The predicted octanol–water partition coefficient (Wildman–Crippen LogP) is 2.46. The van der Waals surface area contributed by atoms with Gasteiger partial charge < -0.3 is 29.5 Å². The molecule has 0 aromatic heterocycles. The highest BCUT2D eigenvalue weighted by atomic mass is 19.1. The number of piperidine rings is 1. The number of fused-ring (bicyclic) bond motifs is 1. The molecule has 35 heavy (non-hydrogen) atoms. The highest BCUT2D eigenvalue weighted by Crippen LogP contribution is 2.32. The van der Waals surface area contributed by atoms with Crippen LogP contribution in [0.4, 0.5) is 14.9 Å².